The molecule has 0 saturated heterocycles. The lowest BCUT2D eigenvalue weighted by Crippen LogP contribution is -2.15. The number of nitrogens with zero attached hydrogens (tertiary/aromatic N) is 2. The zero-order valence-corrected chi connectivity index (χ0v) is 13.7. The van der Waals surface area contributed by atoms with Crippen molar-refractivity contribution in [1.29, 1.82) is 0 Å². The van der Waals surface area contributed by atoms with Crippen LogP contribution in [0.15, 0.2) is 18.3 Å². The molecule has 0 fully saturated rings. The predicted octanol–water partition coefficient (Wildman–Crippen LogP) is 3.64. The highest BCUT2D eigenvalue weighted by Gasteiger charge is 2.15. The summed E-state index contributed by atoms with van der Waals surface area (Å²) in [6.07, 6.45) is 4.96. The average molecular weight is 334 g/mol. The van der Waals surface area contributed by atoms with E-state index in [2.05, 4.69) is 22.2 Å². The van der Waals surface area contributed by atoms with Crippen molar-refractivity contribution in [3.63, 3.8) is 0 Å². The number of carbonyl (C=O) groups is 1. The first kappa shape index (κ1) is 17.8. The SMILES string of the molecule is CCCCCc1ncc(Nc2nc(C)c(F)cc2C(N)=O)cc1F. The molecule has 128 valence electrons. The first-order valence-electron chi connectivity index (χ1n) is 7.80. The third kappa shape index (κ3) is 4.24. The molecule has 0 unspecified atom stereocenters. The molecule has 1 amide bonds. The van der Waals surface area contributed by atoms with E-state index in [1.54, 1.807) is 0 Å². The van der Waals surface area contributed by atoms with Crippen molar-refractivity contribution in [2.45, 2.75) is 39.5 Å². The fraction of sp³-hybridized carbons (Fsp3) is 0.353. The zero-order valence-electron chi connectivity index (χ0n) is 13.7. The second kappa shape index (κ2) is 7.81. The van der Waals surface area contributed by atoms with E-state index in [0.717, 1.165) is 25.3 Å². The van der Waals surface area contributed by atoms with E-state index < -0.39 is 17.5 Å². The summed E-state index contributed by atoms with van der Waals surface area (Å²) < 4.78 is 27.7. The fourth-order valence-corrected chi connectivity index (χ4v) is 2.26. The Morgan fingerprint density at radius 3 is 2.62 bits per heavy atom. The van der Waals surface area contributed by atoms with Crippen LogP contribution in [0.5, 0.6) is 0 Å². The number of aryl methyl sites for hydroxylation is 2. The lowest BCUT2D eigenvalue weighted by atomic mass is 10.1. The number of halogens is 2. The fourth-order valence-electron chi connectivity index (χ4n) is 2.26. The van der Waals surface area contributed by atoms with Gasteiger partial charge in [-0.05, 0) is 25.8 Å². The number of unbranched alkanes of at least 4 members (excludes halogenated alkanes) is 2. The van der Waals surface area contributed by atoms with Crippen LogP contribution in [-0.2, 0) is 6.42 Å². The van der Waals surface area contributed by atoms with Crippen LogP contribution < -0.4 is 11.1 Å². The van der Waals surface area contributed by atoms with Crippen molar-refractivity contribution in [3.8, 4) is 0 Å². The standard InChI is InChI=1S/C17H20F2N4O/c1-3-4-5-6-15-14(19)7-11(9-21-15)23-17-12(16(20)24)8-13(18)10(2)22-17/h7-9H,3-6H2,1-2H3,(H2,20,24)(H,22,23). The Bertz CT molecular complexity index is 750. The summed E-state index contributed by atoms with van der Waals surface area (Å²) in [7, 11) is 0. The molecule has 3 N–H and O–H groups in total. The van der Waals surface area contributed by atoms with Gasteiger partial charge in [0.25, 0.3) is 5.91 Å². The molecule has 0 radical (unpaired) electrons. The molecule has 2 heterocycles. The van der Waals surface area contributed by atoms with Crippen LogP contribution in [0.4, 0.5) is 20.3 Å². The van der Waals surface area contributed by atoms with Crippen LogP contribution in [0, 0.1) is 18.6 Å². The van der Waals surface area contributed by atoms with Gasteiger partial charge in [0, 0.05) is 6.07 Å². The Morgan fingerprint density at radius 2 is 2.00 bits per heavy atom. The third-order valence-corrected chi connectivity index (χ3v) is 3.61. The summed E-state index contributed by atoms with van der Waals surface area (Å²) in [6.45, 7) is 3.53. The lowest BCUT2D eigenvalue weighted by molar-refractivity contribution is 0.100. The molecule has 0 atom stereocenters. The molecule has 2 rings (SSSR count). The van der Waals surface area contributed by atoms with E-state index in [4.69, 9.17) is 5.73 Å². The van der Waals surface area contributed by atoms with E-state index in [0.29, 0.717) is 17.8 Å². The number of rotatable bonds is 7. The third-order valence-electron chi connectivity index (χ3n) is 3.61. The van der Waals surface area contributed by atoms with Crippen molar-refractivity contribution in [2.24, 2.45) is 5.73 Å². The number of nitrogens with one attached hydrogen (secondary N) is 1. The maximum absolute atomic E-state index is 14.1. The van der Waals surface area contributed by atoms with Gasteiger partial charge in [-0.3, -0.25) is 9.78 Å². The number of hydrogen-bond acceptors (Lipinski definition) is 4. The van der Waals surface area contributed by atoms with Crippen LogP contribution in [0.3, 0.4) is 0 Å². The minimum absolute atomic E-state index is 0.0707. The Balaban J connectivity index is 2.24. The lowest BCUT2D eigenvalue weighted by Gasteiger charge is -2.11. The van der Waals surface area contributed by atoms with Crippen LogP contribution in [0.25, 0.3) is 0 Å². The van der Waals surface area contributed by atoms with E-state index in [9.17, 15) is 13.6 Å². The Hall–Kier alpha value is -2.57. The number of anilines is 2. The first-order chi connectivity index (χ1) is 11.4. The number of aromatic nitrogens is 2. The van der Waals surface area contributed by atoms with Crippen molar-refractivity contribution >= 4 is 17.4 Å². The summed E-state index contributed by atoms with van der Waals surface area (Å²) in [6, 6.07) is 2.29. The highest BCUT2D eigenvalue weighted by atomic mass is 19.1. The normalized spacial score (nSPS) is 10.7. The van der Waals surface area contributed by atoms with Crippen LogP contribution in [-0.4, -0.2) is 15.9 Å². The molecule has 2 aromatic heterocycles. The molecule has 0 aliphatic rings. The number of carbonyl (C=O) groups excluding carboxylic acids is 1. The monoisotopic (exact) mass is 334 g/mol. The minimum atomic E-state index is -0.825. The Kier molecular flexibility index (Phi) is 5.78. The summed E-state index contributed by atoms with van der Waals surface area (Å²) >= 11 is 0. The zero-order chi connectivity index (χ0) is 17.7. The number of primary amides is 1. The Labute approximate surface area is 139 Å². The molecule has 0 aliphatic carbocycles. The summed E-state index contributed by atoms with van der Waals surface area (Å²) in [5.41, 5.74) is 5.94. The van der Waals surface area contributed by atoms with Gasteiger partial charge in [-0.1, -0.05) is 19.8 Å². The van der Waals surface area contributed by atoms with Gasteiger partial charge >= 0.3 is 0 Å². The smallest absolute Gasteiger partial charge is 0.252 e. The summed E-state index contributed by atoms with van der Waals surface area (Å²) in [5.74, 6) is -1.82. The van der Waals surface area contributed by atoms with Crippen molar-refractivity contribution in [1.82, 2.24) is 9.97 Å². The highest BCUT2D eigenvalue weighted by molar-refractivity contribution is 5.98. The maximum Gasteiger partial charge on any atom is 0.252 e. The average Bonchev–Trinajstić information content (AvgIpc) is 2.52. The number of hydrogen-bond donors (Lipinski definition) is 2. The highest BCUT2D eigenvalue weighted by Crippen LogP contribution is 2.22. The van der Waals surface area contributed by atoms with Gasteiger partial charge in [0.15, 0.2) is 0 Å². The van der Waals surface area contributed by atoms with Gasteiger partial charge in [-0.2, -0.15) is 0 Å². The first-order valence-corrected chi connectivity index (χ1v) is 7.80. The van der Waals surface area contributed by atoms with Gasteiger partial charge in [0.1, 0.15) is 17.5 Å². The summed E-state index contributed by atoms with van der Waals surface area (Å²) in [4.78, 5) is 19.5. The van der Waals surface area contributed by atoms with Gasteiger partial charge in [0.05, 0.1) is 28.8 Å². The van der Waals surface area contributed by atoms with Crippen molar-refractivity contribution < 1.29 is 13.6 Å². The van der Waals surface area contributed by atoms with Crippen LogP contribution in [0.2, 0.25) is 0 Å². The summed E-state index contributed by atoms with van der Waals surface area (Å²) in [5, 5.41) is 2.78. The molecule has 24 heavy (non-hydrogen) atoms. The number of amides is 1. The topological polar surface area (TPSA) is 80.9 Å². The minimum Gasteiger partial charge on any atom is -0.365 e. The molecule has 0 bridgehead atoms. The van der Waals surface area contributed by atoms with E-state index in [1.807, 2.05) is 0 Å². The van der Waals surface area contributed by atoms with Gasteiger partial charge in [-0.25, -0.2) is 13.8 Å². The molecule has 0 saturated carbocycles. The molecule has 0 aliphatic heterocycles. The predicted molar refractivity (Wildman–Crippen MR) is 88.2 cm³/mol. The van der Waals surface area contributed by atoms with E-state index >= 15 is 0 Å². The molecule has 7 heteroatoms. The molecule has 5 nitrogen and oxygen atoms in total. The molecule has 0 aromatic carbocycles. The molecular formula is C17H20F2N4O. The second-order valence-electron chi connectivity index (χ2n) is 5.55. The maximum atomic E-state index is 14.1. The largest absolute Gasteiger partial charge is 0.365 e. The van der Waals surface area contributed by atoms with Crippen LogP contribution >= 0.6 is 0 Å². The van der Waals surface area contributed by atoms with Gasteiger partial charge in [0.2, 0.25) is 0 Å². The molecule has 0 spiro atoms. The van der Waals surface area contributed by atoms with Gasteiger partial charge in [-0.15, -0.1) is 0 Å². The number of nitrogens with two attached hydrogens (primary N) is 1. The molecular weight excluding hydrogens is 314 g/mol. The second-order valence-corrected chi connectivity index (χ2v) is 5.55. The van der Waals surface area contributed by atoms with E-state index in [-0.39, 0.29) is 17.1 Å². The van der Waals surface area contributed by atoms with Gasteiger partial charge < -0.3 is 11.1 Å². The molecule has 2 aromatic rings. The van der Waals surface area contributed by atoms with Crippen molar-refractivity contribution in [3.05, 3.63) is 46.9 Å². The Morgan fingerprint density at radius 1 is 1.25 bits per heavy atom. The number of pyridine rings is 2. The van der Waals surface area contributed by atoms with Crippen molar-refractivity contribution in [2.75, 3.05) is 5.32 Å². The van der Waals surface area contributed by atoms with E-state index in [1.165, 1.54) is 19.2 Å². The quantitative estimate of drug-likeness (QED) is 0.758. The van der Waals surface area contributed by atoms with Crippen LogP contribution in [0.1, 0.15) is 47.9 Å².